The molecule has 0 atom stereocenters. The number of nitrogens with two attached hydrogens (primary N) is 1. The van der Waals surface area contributed by atoms with Crippen LogP contribution in [0.5, 0.6) is 0 Å². The van der Waals surface area contributed by atoms with Gasteiger partial charge in [-0.1, -0.05) is 18.2 Å². The van der Waals surface area contributed by atoms with Gasteiger partial charge in [0.15, 0.2) is 5.96 Å². The van der Waals surface area contributed by atoms with Gasteiger partial charge in [0.1, 0.15) is 0 Å². The molecule has 2 heterocycles. The highest BCUT2D eigenvalue weighted by atomic mass is 16.6. The maximum Gasteiger partial charge on any atom is 0.409 e. The average molecular weight is 431 g/mol. The predicted octanol–water partition coefficient (Wildman–Crippen LogP) is 1.25. The topological polar surface area (TPSA) is 104 Å². The first-order chi connectivity index (χ1) is 15.1. The smallest absolute Gasteiger partial charge is 0.409 e. The van der Waals surface area contributed by atoms with Crippen molar-refractivity contribution in [2.45, 2.75) is 32.2 Å². The first-order valence-corrected chi connectivity index (χ1v) is 11.1. The molecule has 0 spiro atoms. The summed E-state index contributed by atoms with van der Waals surface area (Å²) in [5, 5.41) is 3.20. The highest BCUT2D eigenvalue weighted by Gasteiger charge is 2.24. The number of nitrogens with one attached hydrogen (secondary N) is 1. The molecule has 0 aliphatic carbocycles. The second-order valence-electron chi connectivity index (χ2n) is 7.82. The summed E-state index contributed by atoms with van der Waals surface area (Å²) in [4.78, 5) is 34.5. The van der Waals surface area contributed by atoms with Crippen LogP contribution in [-0.2, 0) is 9.53 Å². The molecule has 0 unspecified atom stereocenters. The number of carbonyl (C=O) groups is 2. The first-order valence-electron chi connectivity index (χ1n) is 11.1. The number of para-hydroxylation sites is 1. The summed E-state index contributed by atoms with van der Waals surface area (Å²) in [6.07, 6.45) is 1.68. The standard InChI is InChI=1S/C22H34N6O3/c1-2-31-22(30)28-12-9-18(10-13-28)25-21(23)24-11-8-20(29)27-16-14-26(15-17-27)19-6-4-3-5-7-19/h3-7,18H,2,8-17H2,1H3,(H3,23,24,25). The number of piperazine rings is 1. The van der Waals surface area contributed by atoms with Crippen LogP contribution in [-0.4, -0.2) is 86.2 Å². The monoisotopic (exact) mass is 430 g/mol. The number of nitrogens with zero attached hydrogens (tertiary/aromatic N) is 4. The molecule has 1 aromatic carbocycles. The van der Waals surface area contributed by atoms with Gasteiger partial charge in [-0.3, -0.25) is 9.79 Å². The van der Waals surface area contributed by atoms with E-state index in [-0.39, 0.29) is 18.0 Å². The number of aliphatic imine (C=N–C) groups is 1. The minimum Gasteiger partial charge on any atom is -0.450 e. The fourth-order valence-electron chi connectivity index (χ4n) is 3.96. The largest absolute Gasteiger partial charge is 0.450 e. The Morgan fingerprint density at radius 3 is 2.39 bits per heavy atom. The Morgan fingerprint density at radius 2 is 1.74 bits per heavy atom. The zero-order valence-corrected chi connectivity index (χ0v) is 18.3. The molecule has 0 radical (unpaired) electrons. The first kappa shape index (κ1) is 22.7. The van der Waals surface area contributed by atoms with Gasteiger partial charge in [0.25, 0.3) is 0 Å². The third kappa shape index (κ3) is 6.77. The molecular weight excluding hydrogens is 396 g/mol. The second-order valence-corrected chi connectivity index (χ2v) is 7.82. The number of ether oxygens (including phenoxy) is 1. The van der Waals surface area contributed by atoms with Crippen molar-refractivity contribution < 1.29 is 14.3 Å². The molecule has 170 valence electrons. The van der Waals surface area contributed by atoms with E-state index in [1.54, 1.807) is 11.8 Å². The van der Waals surface area contributed by atoms with Gasteiger partial charge in [0.2, 0.25) is 5.91 Å². The van der Waals surface area contributed by atoms with Crippen molar-refractivity contribution in [3.63, 3.8) is 0 Å². The van der Waals surface area contributed by atoms with Gasteiger partial charge in [-0.15, -0.1) is 0 Å². The van der Waals surface area contributed by atoms with E-state index >= 15 is 0 Å². The summed E-state index contributed by atoms with van der Waals surface area (Å²) in [5.41, 5.74) is 7.20. The molecule has 9 nitrogen and oxygen atoms in total. The number of guanidine groups is 1. The zero-order valence-electron chi connectivity index (χ0n) is 18.3. The van der Waals surface area contributed by atoms with Crippen molar-refractivity contribution in [2.75, 3.05) is 57.3 Å². The van der Waals surface area contributed by atoms with Gasteiger partial charge in [0.05, 0.1) is 13.2 Å². The molecule has 2 aliphatic heterocycles. The van der Waals surface area contributed by atoms with Crippen LogP contribution < -0.4 is 16.0 Å². The summed E-state index contributed by atoms with van der Waals surface area (Å²) >= 11 is 0. The van der Waals surface area contributed by atoms with Gasteiger partial charge in [-0.05, 0) is 31.9 Å². The van der Waals surface area contributed by atoms with E-state index in [1.807, 2.05) is 23.1 Å². The van der Waals surface area contributed by atoms with E-state index in [2.05, 4.69) is 27.3 Å². The SMILES string of the molecule is CCOC(=O)N1CCC(NC(N)=NCCC(=O)N2CCN(c3ccccc3)CC2)CC1. The number of hydrogen-bond donors (Lipinski definition) is 2. The van der Waals surface area contributed by atoms with E-state index in [0.29, 0.717) is 38.6 Å². The maximum atomic E-state index is 12.5. The Kier molecular flexibility index (Phi) is 8.37. The number of carbonyl (C=O) groups excluding carboxylic acids is 2. The summed E-state index contributed by atoms with van der Waals surface area (Å²) in [7, 11) is 0. The van der Waals surface area contributed by atoms with Crippen LogP contribution in [0, 0.1) is 0 Å². The van der Waals surface area contributed by atoms with Crippen LogP contribution in [0.25, 0.3) is 0 Å². The van der Waals surface area contributed by atoms with Gasteiger partial charge in [-0.2, -0.15) is 0 Å². The third-order valence-corrected chi connectivity index (χ3v) is 5.73. The molecule has 0 aromatic heterocycles. The Hall–Kier alpha value is -2.97. The quantitative estimate of drug-likeness (QED) is 0.520. The highest BCUT2D eigenvalue weighted by Crippen LogP contribution is 2.16. The lowest BCUT2D eigenvalue weighted by molar-refractivity contribution is -0.131. The van der Waals surface area contributed by atoms with E-state index in [4.69, 9.17) is 10.5 Å². The molecule has 3 N–H and O–H groups in total. The number of likely N-dealkylation sites (tertiary alicyclic amines) is 1. The second kappa shape index (κ2) is 11.4. The van der Waals surface area contributed by atoms with Crippen LogP contribution in [0.4, 0.5) is 10.5 Å². The van der Waals surface area contributed by atoms with Crippen molar-refractivity contribution in [1.82, 2.24) is 15.1 Å². The van der Waals surface area contributed by atoms with E-state index in [9.17, 15) is 9.59 Å². The van der Waals surface area contributed by atoms with Gasteiger partial charge in [0, 0.05) is 57.4 Å². The van der Waals surface area contributed by atoms with Crippen LogP contribution in [0.2, 0.25) is 0 Å². The average Bonchev–Trinajstić information content (AvgIpc) is 2.80. The van der Waals surface area contributed by atoms with Gasteiger partial charge < -0.3 is 30.5 Å². The Bertz CT molecular complexity index is 741. The lowest BCUT2D eigenvalue weighted by Crippen LogP contribution is -2.49. The van der Waals surface area contributed by atoms with Gasteiger partial charge in [-0.25, -0.2) is 4.79 Å². The van der Waals surface area contributed by atoms with Crippen LogP contribution >= 0.6 is 0 Å². The molecule has 9 heteroatoms. The molecule has 31 heavy (non-hydrogen) atoms. The number of hydrogen-bond acceptors (Lipinski definition) is 5. The molecular formula is C22H34N6O3. The van der Waals surface area contributed by atoms with Crippen LogP contribution in [0.15, 0.2) is 35.3 Å². The third-order valence-electron chi connectivity index (χ3n) is 5.73. The van der Waals surface area contributed by atoms with Crippen molar-refractivity contribution >= 4 is 23.6 Å². The normalized spacial score (nSPS) is 18.1. The fourth-order valence-corrected chi connectivity index (χ4v) is 3.96. The molecule has 0 bridgehead atoms. The maximum absolute atomic E-state index is 12.5. The minimum absolute atomic E-state index is 0.118. The molecule has 0 saturated carbocycles. The zero-order chi connectivity index (χ0) is 22.1. The molecule has 2 amide bonds. The lowest BCUT2D eigenvalue weighted by atomic mass is 10.1. The van der Waals surface area contributed by atoms with Crippen molar-refractivity contribution in [2.24, 2.45) is 10.7 Å². The van der Waals surface area contributed by atoms with Crippen LogP contribution in [0.1, 0.15) is 26.2 Å². The Labute approximate surface area is 184 Å². The summed E-state index contributed by atoms with van der Waals surface area (Å²) in [5.74, 6) is 0.475. The fraction of sp³-hybridized carbons (Fsp3) is 0.591. The molecule has 2 aliphatic rings. The Morgan fingerprint density at radius 1 is 1.06 bits per heavy atom. The molecule has 1 aromatic rings. The van der Waals surface area contributed by atoms with E-state index < -0.39 is 0 Å². The predicted molar refractivity (Wildman–Crippen MR) is 121 cm³/mol. The molecule has 3 rings (SSSR count). The number of anilines is 1. The number of amides is 2. The highest BCUT2D eigenvalue weighted by molar-refractivity contribution is 5.80. The van der Waals surface area contributed by atoms with E-state index in [0.717, 1.165) is 39.0 Å². The van der Waals surface area contributed by atoms with Crippen molar-refractivity contribution in [1.29, 1.82) is 0 Å². The number of benzene rings is 1. The summed E-state index contributed by atoms with van der Waals surface area (Å²) in [6.45, 7) is 6.97. The molecule has 2 fully saturated rings. The Balaban J connectivity index is 1.33. The lowest BCUT2D eigenvalue weighted by Gasteiger charge is -2.36. The number of rotatable bonds is 6. The summed E-state index contributed by atoms with van der Waals surface area (Å²) < 4.78 is 5.03. The van der Waals surface area contributed by atoms with Gasteiger partial charge >= 0.3 is 6.09 Å². The van der Waals surface area contributed by atoms with E-state index in [1.165, 1.54) is 5.69 Å². The number of piperidine rings is 1. The summed E-state index contributed by atoms with van der Waals surface area (Å²) in [6, 6.07) is 10.5. The molecule has 2 saturated heterocycles. The minimum atomic E-state index is -0.259. The van der Waals surface area contributed by atoms with Crippen molar-refractivity contribution in [3.05, 3.63) is 30.3 Å². The van der Waals surface area contributed by atoms with Crippen LogP contribution in [0.3, 0.4) is 0 Å². The van der Waals surface area contributed by atoms with Crippen molar-refractivity contribution in [3.8, 4) is 0 Å².